The molecule has 1 spiro atoms. The smallest absolute Gasteiger partial charge is 0.328 e. The predicted octanol–water partition coefficient (Wildman–Crippen LogP) is 4.21. The summed E-state index contributed by atoms with van der Waals surface area (Å²) in [5.41, 5.74) is -3.87. The summed E-state index contributed by atoms with van der Waals surface area (Å²) in [5.74, 6) is -0.846. The number of fused-ring (bicyclic) bond motifs is 3. The number of amides is 1. The zero-order valence-corrected chi connectivity index (χ0v) is 14.5. The third-order valence-electron chi connectivity index (χ3n) is 5.60. The van der Waals surface area contributed by atoms with Gasteiger partial charge in [0.05, 0.1) is 11.3 Å². The highest BCUT2D eigenvalue weighted by molar-refractivity contribution is 6.13. The van der Waals surface area contributed by atoms with Crippen molar-refractivity contribution in [3.8, 4) is 0 Å². The van der Waals surface area contributed by atoms with Gasteiger partial charge in [0.25, 0.3) is 0 Å². The fourth-order valence-corrected chi connectivity index (χ4v) is 4.41. The number of rotatable bonds is 1. The van der Waals surface area contributed by atoms with Gasteiger partial charge in [-0.15, -0.1) is 0 Å². The molecule has 4 nitrogen and oxygen atoms in total. The van der Waals surface area contributed by atoms with Crippen LogP contribution >= 0.6 is 0 Å². The van der Waals surface area contributed by atoms with Crippen LogP contribution in [0.15, 0.2) is 60.7 Å². The molecule has 0 aliphatic carbocycles. The Labute approximate surface area is 158 Å². The first kappa shape index (κ1) is 17.2. The van der Waals surface area contributed by atoms with Crippen molar-refractivity contribution in [3.63, 3.8) is 0 Å². The monoisotopic (exact) mass is 385 g/mol. The van der Waals surface area contributed by atoms with Crippen LogP contribution in [0.4, 0.5) is 18.9 Å². The molecule has 3 aliphatic heterocycles. The van der Waals surface area contributed by atoms with E-state index in [2.05, 4.69) is 0 Å². The molecular formula is C21H14F3NO3. The van der Waals surface area contributed by atoms with E-state index in [0.29, 0.717) is 5.69 Å². The first-order chi connectivity index (χ1) is 13.3. The predicted molar refractivity (Wildman–Crippen MR) is 93.6 cm³/mol. The molecule has 5 rings (SSSR count). The fourth-order valence-electron chi connectivity index (χ4n) is 4.41. The molecule has 1 fully saturated rings. The summed E-state index contributed by atoms with van der Waals surface area (Å²) >= 11 is 0. The number of nitrogens with zero attached hydrogens (tertiary/aromatic N) is 1. The Morgan fingerprint density at radius 3 is 2.46 bits per heavy atom. The van der Waals surface area contributed by atoms with E-state index in [-0.39, 0.29) is 29.9 Å². The number of Topliss-reactive ketones (excluding diaryl/α,β-unsaturated/α-hetero) is 1. The Hall–Kier alpha value is -2.93. The van der Waals surface area contributed by atoms with Crippen molar-refractivity contribution in [2.45, 2.75) is 30.3 Å². The van der Waals surface area contributed by atoms with E-state index in [1.807, 2.05) is 0 Å². The number of alkyl halides is 3. The highest BCUT2D eigenvalue weighted by atomic mass is 19.4. The zero-order valence-electron chi connectivity index (χ0n) is 14.5. The summed E-state index contributed by atoms with van der Waals surface area (Å²) in [6.07, 6.45) is -1.28. The second-order valence-corrected chi connectivity index (χ2v) is 7.13. The van der Waals surface area contributed by atoms with Crippen LogP contribution in [0.2, 0.25) is 0 Å². The van der Waals surface area contributed by atoms with E-state index in [9.17, 15) is 22.8 Å². The SMILES string of the molecule is O=C1CC[C@@]23C=C[C@](c4ccccc4C(F)(F)F)(O2)C(=O)c2ccccc2N13. The Balaban J connectivity index is 1.82. The van der Waals surface area contributed by atoms with E-state index in [1.54, 1.807) is 24.3 Å². The van der Waals surface area contributed by atoms with Crippen LogP contribution in [0.25, 0.3) is 0 Å². The lowest BCUT2D eigenvalue weighted by Crippen LogP contribution is -2.47. The second kappa shape index (κ2) is 5.32. The maximum absolute atomic E-state index is 13.7. The highest BCUT2D eigenvalue weighted by Crippen LogP contribution is 2.54. The summed E-state index contributed by atoms with van der Waals surface area (Å²) in [7, 11) is 0. The van der Waals surface area contributed by atoms with Crippen LogP contribution in [0.1, 0.15) is 34.3 Å². The molecule has 2 aromatic rings. The van der Waals surface area contributed by atoms with Crippen LogP contribution in [0.3, 0.4) is 0 Å². The molecule has 0 aromatic heterocycles. The zero-order chi connectivity index (χ0) is 19.7. The van der Waals surface area contributed by atoms with Crippen molar-refractivity contribution in [1.82, 2.24) is 0 Å². The second-order valence-electron chi connectivity index (χ2n) is 7.13. The van der Waals surface area contributed by atoms with Crippen LogP contribution in [0, 0.1) is 0 Å². The van der Waals surface area contributed by atoms with Gasteiger partial charge in [-0.05, 0) is 30.4 Å². The first-order valence-electron chi connectivity index (χ1n) is 8.83. The molecule has 0 radical (unpaired) electrons. The molecular weight excluding hydrogens is 371 g/mol. The molecule has 1 saturated heterocycles. The van der Waals surface area contributed by atoms with Crippen molar-refractivity contribution >= 4 is 17.4 Å². The van der Waals surface area contributed by atoms with Crippen molar-refractivity contribution in [2.24, 2.45) is 0 Å². The van der Waals surface area contributed by atoms with Gasteiger partial charge in [0.1, 0.15) is 0 Å². The van der Waals surface area contributed by atoms with Crippen molar-refractivity contribution in [2.75, 3.05) is 4.90 Å². The van der Waals surface area contributed by atoms with E-state index < -0.39 is 28.8 Å². The van der Waals surface area contributed by atoms with Crippen LogP contribution in [-0.2, 0) is 21.3 Å². The third-order valence-corrected chi connectivity index (χ3v) is 5.60. The van der Waals surface area contributed by atoms with Crippen LogP contribution in [0.5, 0.6) is 0 Å². The molecule has 0 N–H and O–H groups in total. The number of benzene rings is 2. The number of carbonyl (C=O) groups is 2. The number of ether oxygens (including phenoxy) is 1. The third kappa shape index (κ3) is 2.05. The number of hydrogen-bond donors (Lipinski definition) is 0. The van der Waals surface area contributed by atoms with Gasteiger partial charge in [0, 0.05) is 24.0 Å². The molecule has 2 bridgehead atoms. The van der Waals surface area contributed by atoms with Gasteiger partial charge in [0.2, 0.25) is 11.7 Å². The largest absolute Gasteiger partial charge is 0.416 e. The molecule has 2 atom stereocenters. The number of halogens is 3. The van der Waals surface area contributed by atoms with Gasteiger partial charge >= 0.3 is 6.18 Å². The summed E-state index contributed by atoms with van der Waals surface area (Å²) in [6, 6.07) is 11.4. The minimum Gasteiger partial charge on any atom is -0.328 e. The van der Waals surface area contributed by atoms with Gasteiger partial charge in [-0.25, -0.2) is 0 Å². The Kier molecular flexibility index (Phi) is 3.27. The summed E-state index contributed by atoms with van der Waals surface area (Å²) in [4.78, 5) is 27.6. The summed E-state index contributed by atoms with van der Waals surface area (Å²) in [6.45, 7) is 0. The molecule has 0 saturated carbocycles. The lowest BCUT2D eigenvalue weighted by Gasteiger charge is -2.35. The van der Waals surface area contributed by atoms with Gasteiger partial charge < -0.3 is 4.74 Å². The molecule has 3 aliphatic rings. The minimum atomic E-state index is -4.66. The number of hydrogen-bond acceptors (Lipinski definition) is 3. The van der Waals surface area contributed by atoms with Crippen LogP contribution < -0.4 is 4.90 Å². The maximum atomic E-state index is 13.7. The lowest BCUT2D eigenvalue weighted by atomic mass is 9.82. The molecule has 7 heteroatoms. The van der Waals surface area contributed by atoms with Gasteiger partial charge in [-0.1, -0.05) is 30.3 Å². The van der Waals surface area contributed by atoms with Crippen molar-refractivity contribution in [3.05, 3.63) is 77.4 Å². The molecule has 2 aromatic carbocycles. The minimum absolute atomic E-state index is 0.168. The Bertz CT molecular complexity index is 1060. The fraction of sp³-hybridized carbons (Fsp3) is 0.238. The van der Waals surface area contributed by atoms with E-state index in [0.717, 1.165) is 6.07 Å². The lowest BCUT2D eigenvalue weighted by molar-refractivity contribution is -0.141. The summed E-state index contributed by atoms with van der Waals surface area (Å²) in [5, 5.41) is 0. The molecule has 142 valence electrons. The molecule has 0 unspecified atom stereocenters. The number of para-hydroxylation sites is 1. The van der Waals surface area contributed by atoms with Gasteiger partial charge in [-0.2, -0.15) is 13.2 Å². The Morgan fingerprint density at radius 1 is 0.964 bits per heavy atom. The van der Waals surface area contributed by atoms with E-state index in [4.69, 9.17) is 4.74 Å². The Morgan fingerprint density at radius 2 is 1.68 bits per heavy atom. The quantitative estimate of drug-likeness (QED) is 0.691. The van der Waals surface area contributed by atoms with Crippen molar-refractivity contribution in [1.29, 1.82) is 0 Å². The summed E-state index contributed by atoms with van der Waals surface area (Å²) < 4.78 is 47.3. The first-order valence-corrected chi connectivity index (χ1v) is 8.83. The standard InChI is InChI=1S/C21H14F3NO3/c22-21(23,24)15-7-3-2-6-14(15)20-12-11-19(28-20)10-9-17(26)25(19)16-8-4-1-5-13(16)18(20)27/h1-8,11-12H,9-10H2/t19-,20+/m0/s1. The number of ketones is 1. The molecule has 1 amide bonds. The molecule has 3 heterocycles. The molecule has 28 heavy (non-hydrogen) atoms. The van der Waals surface area contributed by atoms with Crippen LogP contribution in [-0.4, -0.2) is 17.4 Å². The normalized spacial score (nSPS) is 28.3. The average molecular weight is 385 g/mol. The van der Waals surface area contributed by atoms with Crippen molar-refractivity contribution < 1.29 is 27.5 Å². The average Bonchev–Trinajstić information content (AvgIpc) is 3.19. The van der Waals surface area contributed by atoms with E-state index in [1.165, 1.54) is 35.2 Å². The van der Waals surface area contributed by atoms with E-state index >= 15 is 0 Å². The topological polar surface area (TPSA) is 46.6 Å². The van der Waals surface area contributed by atoms with Gasteiger partial charge in [0.15, 0.2) is 11.3 Å². The number of anilines is 1. The maximum Gasteiger partial charge on any atom is 0.416 e. The highest BCUT2D eigenvalue weighted by Gasteiger charge is 2.61. The number of carbonyl (C=O) groups excluding carboxylic acids is 2. The van der Waals surface area contributed by atoms with Gasteiger partial charge in [-0.3, -0.25) is 14.5 Å².